The highest BCUT2D eigenvalue weighted by molar-refractivity contribution is 4.64. The number of rotatable bonds is 10. The fraction of sp³-hybridized carbons (Fsp3) is 1.00. The first-order valence-corrected chi connectivity index (χ1v) is 5.77. The Morgan fingerprint density at radius 3 is 2.80 bits per heavy atom. The minimum Gasteiger partial charge on any atom is -0.390 e. The zero-order valence-corrected chi connectivity index (χ0v) is 10.3. The highest BCUT2D eigenvalue weighted by Crippen LogP contribution is 1.93. The molecular formula is C11H26N2O2. The topological polar surface area (TPSA) is 44.7 Å². The van der Waals surface area contributed by atoms with E-state index >= 15 is 0 Å². The van der Waals surface area contributed by atoms with Gasteiger partial charge < -0.3 is 20.1 Å². The molecule has 4 heteroatoms. The molecule has 4 nitrogen and oxygen atoms in total. The highest BCUT2D eigenvalue weighted by atomic mass is 16.5. The summed E-state index contributed by atoms with van der Waals surface area (Å²) >= 11 is 0. The number of nitrogens with one attached hydrogen (secondary N) is 1. The van der Waals surface area contributed by atoms with Crippen LogP contribution < -0.4 is 5.32 Å². The van der Waals surface area contributed by atoms with Crippen molar-refractivity contribution in [3.63, 3.8) is 0 Å². The van der Waals surface area contributed by atoms with E-state index in [4.69, 9.17) is 4.74 Å². The molecule has 0 heterocycles. The summed E-state index contributed by atoms with van der Waals surface area (Å²) in [5.74, 6) is 0. The normalized spacial score (nSPS) is 13.4. The monoisotopic (exact) mass is 218 g/mol. The summed E-state index contributed by atoms with van der Waals surface area (Å²) < 4.78 is 4.90. The molecule has 0 aromatic carbocycles. The van der Waals surface area contributed by atoms with Gasteiger partial charge in [0, 0.05) is 26.7 Å². The lowest BCUT2D eigenvalue weighted by atomic mass is 10.3. The molecule has 1 unspecified atom stereocenters. The number of hydrogen-bond donors (Lipinski definition) is 2. The summed E-state index contributed by atoms with van der Waals surface area (Å²) in [7, 11) is 3.73. The largest absolute Gasteiger partial charge is 0.390 e. The van der Waals surface area contributed by atoms with Crippen LogP contribution >= 0.6 is 0 Å². The average Bonchev–Trinajstić information content (AvgIpc) is 2.21. The molecule has 0 aromatic heterocycles. The van der Waals surface area contributed by atoms with Gasteiger partial charge in [0.25, 0.3) is 0 Å². The number of unbranched alkanes of at least 4 members (excludes halogenated alkanes) is 1. The van der Waals surface area contributed by atoms with E-state index in [-0.39, 0.29) is 6.10 Å². The Morgan fingerprint density at radius 2 is 2.20 bits per heavy atom. The first-order chi connectivity index (χ1) is 7.20. The minimum absolute atomic E-state index is 0.288. The third kappa shape index (κ3) is 10.1. The molecular weight excluding hydrogens is 192 g/mol. The van der Waals surface area contributed by atoms with Gasteiger partial charge in [0.15, 0.2) is 0 Å². The molecule has 0 amide bonds. The van der Waals surface area contributed by atoms with Crippen LogP contribution in [-0.2, 0) is 4.74 Å². The number of nitrogens with zero attached hydrogens (tertiary/aromatic N) is 1. The molecule has 0 spiro atoms. The predicted octanol–water partition coefficient (Wildman–Crippen LogP) is 0.315. The van der Waals surface area contributed by atoms with Crippen LogP contribution in [0, 0.1) is 0 Å². The smallest absolute Gasteiger partial charge is 0.0791 e. The Labute approximate surface area is 93.6 Å². The van der Waals surface area contributed by atoms with Crippen LogP contribution in [0.1, 0.15) is 19.8 Å². The zero-order valence-electron chi connectivity index (χ0n) is 10.3. The van der Waals surface area contributed by atoms with E-state index in [2.05, 4.69) is 17.1 Å². The second kappa shape index (κ2) is 10.4. The van der Waals surface area contributed by atoms with Gasteiger partial charge in [-0.15, -0.1) is 0 Å². The molecule has 0 aliphatic heterocycles. The van der Waals surface area contributed by atoms with Gasteiger partial charge in [0.1, 0.15) is 0 Å². The van der Waals surface area contributed by atoms with Crippen molar-refractivity contribution in [3.8, 4) is 0 Å². The molecule has 0 aliphatic carbocycles. The predicted molar refractivity (Wildman–Crippen MR) is 63.2 cm³/mol. The molecule has 0 bridgehead atoms. The standard InChI is InChI=1S/C11H26N2O2/c1-4-5-7-13(2)10-11(14)9-12-6-8-15-3/h11-12,14H,4-10H2,1-3H3. The molecule has 0 fully saturated rings. The second-order valence-electron chi connectivity index (χ2n) is 3.97. The SMILES string of the molecule is CCCCN(C)CC(O)CNCCOC. The van der Waals surface area contributed by atoms with Gasteiger partial charge in [-0.05, 0) is 20.0 Å². The molecule has 0 saturated carbocycles. The van der Waals surface area contributed by atoms with Crippen molar-refractivity contribution in [2.45, 2.75) is 25.9 Å². The summed E-state index contributed by atoms with van der Waals surface area (Å²) in [6.45, 7) is 6.10. The summed E-state index contributed by atoms with van der Waals surface area (Å²) in [6, 6.07) is 0. The number of methoxy groups -OCH3 is 1. The molecule has 0 aliphatic rings. The van der Waals surface area contributed by atoms with Gasteiger partial charge in [-0.2, -0.15) is 0 Å². The minimum atomic E-state index is -0.288. The van der Waals surface area contributed by atoms with Crippen molar-refractivity contribution >= 4 is 0 Å². The molecule has 0 rings (SSSR count). The summed E-state index contributed by atoms with van der Waals surface area (Å²) in [5.41, 5.74) is 0. The molecule has 0 saturated heterocycles. The van der Waals surface area contributed by atoms with Crippen LogP contribution in [0.25, 0.3) is 0 Å². The molecule has 0 aromatic rings. The van der Waals surface area contributed by atoms with Crippen LogP contribution in [-0.4, -0.2) is 63.1 Å². The molecule has 2 N–H and O–H groups in total. The van der Waals surface area contributed by atoms with Gasteiger partial charge >= 0.3 is 0 Å². The maximum Gasteiger partial charge on any atom is 0.0791 e. The first kappa shape index (κ1) is 14.8. The van der Waals surface area contributed by atoms with E-state index in [1.165, 1.54) is 12.8 Å². The van der Waals surface area contributed by atoms with Crippen molar-refractivity contribution in [2.75, 3.05) is 46.9 Å². The fourth-order valence-electron chi connectivity index (χ4n) is 1.39. The van der Waals surface area contributed by atoms with Gasteiger partial charge in [-0.25, -0.2) is 0 Å². The first-order valence-electron chi connectivity index (χ1n) is 5.77. The summed E-state index contributed by atoms with van der Waals surface area (Å²) in [5, 5.41) is 12.8. The number of likely N-dealkylation sites (N-methyl/N-ethyl adjacent to an activating group) is 1. The second-order valence-corrected chi connectivity index (χ2v) is 3.97. The third-order valence-corrected chi connectivity index (χ3v) is 2.28. The third-order valence-electron chi connectivity index (χ3n) is 2.28. The van der Waals surface area contributed by atoms with Crippen LogP contribution in [0.5, 0.6) is 0 Å². The summed E-state index contributed by atoms with van der Waals surface area (Å²) in [4.78, 5) is 2.17. The van der Waals surface area contributed by atoms with Gasteiger partial charge in [-0.1, -0.05) is 13.3 Å². The van der Waals surface area contributed by atoms with Crippen molar-refractivity contribution in [2.24, 2.45) is 0 Å². The molecule has 15 heavy (non-hydrogen) atoms. The van der Waals surface area contributed by atoms with Gasteiger partial charge in [0.05, 0.1) is 12.7 Å². The number of aliphatic hydroxyl groups is 1. The summed E-state index contributed by atoms with van der Waals surface area (Å²) in [6.07, 6.45) is 2.11. The van der Waals surface area contributed by atoms with Crippen molar-refractivity contribution in [3.05, 3.63) is 0 Å². The quantitative estimate of drug-likeness (QED) is 0.518. The van der Waals surface area contributed by atoms with Crippen LogP contribution in [0.3, 0.4) is 0 Å². The molecule has 0 radical (unpaired) electrons. The van der Waals surface area contributed by atoms with E-state index in [0.717, 1.165) is 19.6 Å². The lowest BCUT2D eigenvalue weighted by molar-refractivity contribution is 0.119. The Morgan fingerprint density at radius 1 is 1.47 bits per heavy atom. The maximum absolute atomic E-state index is 9.67. The number of aliphatic hydroxyl groups excluding tert-OH is 1. The van der Waals surface area contributed by atoms with E-state index < -0.39 is 0 Å². The maximum atomic E-state index is 9.67. The Bertz CT molecular complexity index is 134. The molecule has 92 valence electrons. The average molecular weight is 218 g/mol. The Hall–Kier alpha value is -0.160. The number of hydrogen-bond acceptors (Lipinski definition) is 4. The lowest BCUT2D eigenvalue weighted by Crippen LogP contribution is -2.37. The lowest BCUT2D eigenvalue weighted by Gasteiger charge is -2.20. The van der Waals surface area contributed by atoms with Crippen molar-refractivity contribution in [1.82, 2.24) is 10.2 Å². The van der Waals surface area contributed by atoms with Crippen LogP contribution in [0.4, 0.5) is 0 Å². The van der Waals surface area contributed by atoms with Crippen molar-refractivity contribution in [1.29, 1.82) is 0 Å². The highest BCUT2D eigenvalue weighted by Gasteiger charge is 2.06. The fourth-order valence-corrected chi connectivity index (χ4v) is 1.39. The van der Waals surface area contributed by atoms with Gasteiger partial charge in [-0.3, -0.25) is 0 Å². The molecule has 1 atom stereocenters. The Balaban J connectivity index is 3.33. The van der Waals surface area contributed by atoms with Gasteiger partial charge in [0.2, 0.25) is 0 Å². The van der Waals surface area contributed by atoms with E-state index in [1.54, 1.807) is 7.11 Å². The van der Waals surface area contributed by atoms with Crippen molar-refractivity contribution < 1.29 is 9.84 Å². The zero-order chi connectivity index (χ0) is 11.5. The number of ether oxygens (including phenoxy) is 1. The van der Waals surface area contributed by atoms with E-state index in [9.17, 15) is 5.11 Å². The Kier molecular flexibility index (Phi) is 10.3. The van der Waals surface area contributed by atoms with E-state index in [0.29, 0.717) is 13.2 Å². The van der Waals surface area contributed by atoms with Crippen LogP contribution in [0.15, 0.2) is 0 Å². The van der Waals surface area contributed by atoms with E-state index in [1.807, 2.05) is 7.05 Å². The van der Waals surface area contributed by atoms with Crippen LogP contribution in [0.2, 0.25) is 0 Å².